The number of methoxy groups -OCH3 is 2. The van der Waals surface area contributed by atoms with Crippen LogP contribution in [0.15, 0.2) is 127 Å². The molecular formula is C66H87N11O13Si3. The van der Waals surface area contributed by atoms with E-state index in [-0.39, 0.29) is 25.4 Å². The van der Waals surface area contributed by atoms with Crippen molar-refractivity contribution in [3.05, 3.63) is 130 Å². The van der Waals surface area contributed by atoms with Gasteiger partial charge < -0.3 is 57.1 Å². The Balaban J connectivity index is 0.966. The maximum absolute atomic E-state index is 13.5. The van der Waals surface area contributed by atoms with Gasteiger partial charge in [-0.1, -0.05) is 97.1 Å². The molecule has 0 aliphatic carbocycles. The molecule has 0 radical (unpaired) electrons. The van der Waals surface area contributed by atoms with Gasteiger partial charge in [-0.25, -0.2) is 34.7 Å². The Morgan fingerprint density at radius 2 is 0.892 bits per heavy atom. The monoisotopic (exact) mass is 1330 g/mol. The first-order chi connectivity index (χ1) is 45.2. The van der Waals surface area contributed by atoms with Gasteiger partial charge in [-0.2, -0.15) is 0 Å². The van der Waals surface area contributed by atoms with Crippen LogP contribution in [-0.4, -0.2) is 205 Å². The first-order valence-electron chi connectivity index (χ1n) is 32.3. The van der Waals surface area contributed by atoms with Crippen molar-refractivity contribution in [1.29, 1.82) is 0 Å². The van der Waals surface area contributed by atoms with Crippen LogP contribution in [-0.2, 0) is 51.0 Å². The Bertz CT molecular complexity index is 3690. The summed E-state index contributed by atoms with van der Waals surface area (Å²) >= 11 is 0. The second-order valence-corrected chi connectivity index (χ2v) is 35.9. The van der Waals surface area contributed by atoms with Crippen molar-refractivity contribution in [3.8, 4) is 0 Å². The SMILES string of the molecule is COCCOCCOCCN(CCCOC(=O)NCCC[Si](C)(C)O[Si]1(O[Si](C)(C)CCCNC(=O)CCCCC(=O)O)n2c3c4ccccc4c2N=C2N=C(N=c4c5ccccc5c(n41)=NC1=NC(=N3)c3ccccc31)c1ccccc12)CCOCCOCCOC. The van der Waals surface area contributed by atoms with Gasteiger partial charge >= 0.3 is 20.9 Å². The standard InChI is InChI=1S/C66H87N11O13Si3/c1-82-38-40-86-44-42-84-36-33-75(34-37-85-43-45-87-41-39-83-2)32-19-35-88-66(81)68-31-18-47-92(5,6)90-93(89-91(3,4)46-17-30-67-56(78)28-15-16-29-57(79)80)76-62-52-24-11-12-25-53(52)64(76)73-60-50-22-9-10-23-51(50)61(70-60)74-65-55-27-14-13-26-54(55)63(77(65)93)72-59-49-21-8-7-20-48(49)58(69-59)71-62/h7-14,20-27H,15-19,28-47H2,1-6H3,(H,67,78)(H,68,81)(H,79,80). The van der Waals surface area contributed by atoms with E-state index in [2.05, 4.69) is 74.5 Å². The van der Waals surface area contributed by atoms with Crippen LogP contribution in [0.4, 0.5) is 16.4 Å². The van der Waals surface area contributed by atoms with Crippen LogP contribution in [0, 0.1) is 0 Å². The van der Waals surface area contributed by atoms with E-state index in [4.69, 9.17) is 71.3 Å². The van der Waals surface area contributed by atoms with Crippen LogP contribution < -0.4 is 21.6 Å². The van der Waals surface area contributed by atoms with Crippen LogP contribution in [0.25, 0.3) is 21.5 Å². The van der Waals surface area contributed by atoms with Gasteiger partial charge in [-0.05, 0) is 70.4 Å². The molecule has 3 N–H and O–H groups in total. The molecule has 2 amide bonds. The number of amidine groups is 4. The number of carboxylic acid groups (broad SMARTS) is 1. The molecule has 6 aromatic rings. The number of nitrogens with zero attached hydrogens (tertiary/aromatic N) is 9. The van der Waals surface area contributed by atoms with E-state index in [1.165, 1.54) is 0 Å². The third-order valence-electron chi connectivity index (χ3n) is 16.2. The van der Waals surface area contributed by atoms with Crippen molar-refractivity contribution in [1.82, 2.24) is 24.0 Å². The van der Waals surface area contributed by atoms with E-state index >= 15 is 0 Å². The van der Waals surface area contributed by atoms with Crippen molar-refractivity contribution in [2.75, 3.05) is 120 Å². The first-order valence-corrected chi connectivity index (χ1v) is 40.2. The lowest BCUT2D eigenvalue weighted by molar-refractivity contribution is -0.137. The zero-order valence-electron chi connectivity index (χ0n) is 54.3. The number of carbonyl (C=O) groups is 3. The van der Waals surface area contributed by atoms with Crippen molar-refractivity contribution >= 4 is 100 Å². The number of nitrogens with one attached hydrogen (secondary N) is 2. The summed E-state index contributed by atoms with van der Waals surface area (Å²) in [5.74, 6) is 1.99. The van der Waals surface area contributed by atoms with Crippen molar-refractivity contribution < 1.29 is 60.9 Å². The molecule has 496 valence electrons. The molecular weight excluding hydrogens is 1240 g/mol. The molecule has 0 spiro atoms. The van der Waals surface area contributed by atoms with Gasteiger partial charge in [0.25, 0.3) is 0 Å². The number of unbranched alkanes of at least 4 members (excludes halogenated alkanes) is 1. The fourth-order valence-electron chi connectivity index (χ4n) is 11.7. The van der Waals surface area contributed by atoms with Gasteiger partial charge in [-0.15, -0.1) is 0 Å². The number of fused-ring (bicyclic) bond motifs is 14. The van der Waals surface area contributed by atoms with E-state index in [1.807, 2.05) is 72.8 Å². The van der Waals surface area contributed by atoms with Crippen LogP contribution in [0.3, 0.4) is 0 Å². The maximum atomic E-state index is 13.5. The van der Waals surface area contributed by atoms with Crippen molar-refractivity contribution in [3.63, 3.8) is 0 Å². The van der Waals surface area contributed by atoms with Crippen LogP contribution >= 0.6 is 0 Å². The zero-order valence-corrected chi connectivity index (χ0v) is 57.3. The van der Waals surface area contributed by atoms with E-state index in [0.29, 0.717) is 189 Å². The molecule has 1 unspecified atom stereocenters. The van der Waals surface area contributed by atoms with Gasteiger partial charge in [0.05, 0.1) is 72.7 Å². The minimum Gasteiger partial charge on any atom is -0.481 e. The van der Waals surface area contributed by atoms with Crippen LogP contribution in [0.1, 0.15) is 67.2 Å². The quantitative estimate of drug-likeness (QED) is 0.0243. The maximum Gasteiger partial charge on any atom is 0.582 e. The Morgan fingerprint density at radius 3 is 1.37 bits per heavy atom. The first kappa shape index (κ1) is 68.6. The molecule has 6 heterocycles. The Hall–Kier alpha value is -7.26. The number of carboxylic acids is 1. The predicted molar refractivity (Wildman–Crippen MR) is 364 cm³/mol. The highest BCUT2D eigenvalue weighted by Gasteiger charge is 2.58. The summed E-state index contributed by atoms with van der Waals surface area (Å²) in [5.41, 5.74) is 4.37. The molecule has 4 aromatic carbocycles. The number of carbonyl (C=O) groups excluding carboxylic acids is 2. The molecule has 27 heteroatoms. The second kappa shape index (κ2) is 32.7. The van der Waals surface area contributed by atoms with Crippen LogP contribution in [0.5, 0.6) is 0 Å². The minimum absolute atomic E-state index is 0.0184. The number of ether oxygens (including phenoxy) is 7. The summed E-state index contributed by atoms with van der Waals surface area (Å²) in [6.07, 6.45) is 2.40. The smallest absolute Gasteiger partial charge is 0.481 e. The molecule has 24 nitrogen and oxygen atoms in total. The number of aromatic nitrogens is 2. The van der Waals surface area contributed by atoms with E-state index in [9.17, 15) is 19.5 Å². The molecule has 10 rings (SSSR count). The van der Waals surface area contributed by atoms with E-state index < -0.39 is 37.6 Å². The summed E-state index contributed by atoms with van der Waals surface area (Å²) in [5, 5.41) is 18.5. The van der Waals surface area contributed by atoms with Crippen LogP contribution in [0.2, 0.25) is 38.3 Å². The predicted octanol–water partition coefficient (Wildman–Crippen LogP) is 8.13. The summed E-state index contributed by atoms with van der Waals surface area (Å²) in [6.45, 7) is 16.7. The summed E-state index contributed by atoms with van der Waals surface area (Å²) in [6, 6.07) is 33.4. The molecule has 4 aliphatic heterocycles. The topological polar surface area (TPSA) is 266 Å². The average molecular weight is 1330 g/mol. The molecule has 4 aliphatic rings. The van der Waals surface area contributed by atoms with E-state index in [0.717, 1.165) is 43.8 Å². The lowest BCUT2D eigenvalue weighted by Crippen LogP contribution is -2.70. The molecule has 2 aromatic heterocycles. The van der Waals surface area contributed by atoms with Gasteiger partial charge in [0.15, 0.2) is 40.0 Å². The van der Waals surface area contributed by atoms with Crippen molar-refractivity contribution in [2.45, 2.75) is 83.2 Å². The fraction of sp³-hybridized carbons (Fsp3) is 0.470. The molecule has 0 saturated heterocycles. The second-order valence-electron chi connectivity index (χ2n) is 24.2. The number of benzene rings is 4. The third-order valence-corrected chi connectivity index (χ3v) is 27.9. The van der Waals surface area contributed by atoms with E-state index in [1.54, 1.807) is 14.2 Å². The highest BCUT2D eigenvalue weighted by molar-refractivity contribution is 6.88. The minimum atomic E-state index is -4.59. The van der Waals surface area contributed by atoms with Gasteiger partial charge in [-0.3, -0.25) is 23.0 Å². The molecule has 6 bridgehead atoms. The average Bonchev–Trinajstić information content (AvgIpc) is 1.55. The molecule has 0 fully saturated rings. The number of hydrogen-bond acceptors (Lipinski definition) is 19. The van der Waals surface area contributed by atoms with Crippen molar-refractivity contribution in [2.24, 2.45) is 30.0 Å². The molecule has 0 saturated carbocycles. The third kappa shape index (κ3) is 17.4. The Morgan fingerprint density at radius 1 is 0.473 bits per heavy atom. The van der Waals surface area contributed by atoms with Gasteiger partial charge in [0, 0.05) is 104 Å². The number of rotatable bonds is 39. The number of amides is 2. The highest BCUT2D eigenvalue weighted by atomic mass is 28.5. The number of alkyl carbamates (subject to hydrolysis) is 1. The fourth-order valence-corrected chi connectivity index (χ4v) is 24.3. The van der Waals surface area contributed by atoms with Gasteiger partial charge in [0.1, 0.15) is 22.6 Å². The summed E-state index contributed by atoms with van der Waals surface area (Å²) in [4.78, 5) is 73.1. The normalized spacial score (nSPS) is 15.4. The molecule has 93 heavy (non-hydrogen) atoms. The Labute approximate surface area is 545 Å². The summed E-state index contributed by atoms with van der Waals surface area (Å²) in [7, 11) is -7.46. The zero-order chi connectivity index (χ0) is 65.2. The summed E-state index contributed by atoms with van der Waals surface area (Å²) < 4.78 is 59.7. The largest absolute Gasteiger partial charge is 0.582 e. The highest BCUT2D eigenvalue weighted by Crippen LogP contribution is 2.45. The number of aliphatic imine (C=N–C) groups is 4. The number of hydrogen-bond donors (Lipinski definition) is 3. The molecule has 1 atom stereocenters. The number of aliphatic carboxylic acids is 1. The van der Waals surface area contributed by atoms with Gasteiger partial charge in [0.2, 0.25) is 5.91 Å². The lowest BCUT2D eigenvalue weighted by Gasteiger charge is -2.43. The lowest BCUT2D eigenvalue weighted by atomic mass is 10.1. The Kier molecular flexibility index (Phi) is 24.1.